The van der Waals surface area contributed by atoms with Crippen molar-refractivity contribution in [2.75, 3.05) is 39.4 Å². The number of carbonyl (C=O) groups excluding carboxylic acids is 1. The molecule has 1 aliphatic carbocycles. The molecule has 1 amide bonds. The van der Waals surface area contributed by atoms with Gasteiger partial charge in [-0.05, 0) is 53.6 Å². The molecule has 1 aromatic heterocycles. The van der Waals surface area contributed by atoms with Crippen molar-refractivity contribution in [1.29, 1.82) is 0 Å². The molecular weight excluding hydrogens is 455 g/mol. The van der Waals surface area contributed by atoms with Gasteiger partial charge < -0.3 is 10.1 Å². The number of rotatable bonds is 5. The molecule has 1 aromatic carbocycles. The zero-order valence-corrected chi connectivity index (χ0v) is 17.8. The van der Waals surface area contributed by atoms with Crippen LogP contribution in [0, 0.1) is 9.12 Å². The minimum Gasteiger partial charge on any atom is -0.379 e. The molecule has 0 spiro atoms. The van der Waals surface area contributed by atoms with Crippen molar-refractivity contribution in [3.8, 4) is 0 Å². The topological polar surface area (TPSA) is 70.2 Å². The molecule has 7 heteroatoms. The Bertz CT molecular complexity index is 794. The maximum Gasteiger partial charge on any atom is 0.251 e. The number of nitrogens with one attached hydrogen (secondary N) is 2. The summed E-state index contributed by atoms with van der Waals surface area (Å²) in [5.41, 5.74) is 1.80. The molecule has 27 heavy (non-hydrogen) atoms. The fourth-order valence-electron chi connectivity index (χ4n) is 4.42. The van der Waals surface area contributed by atoms with Crippen molar-refractivity contribution >= 4 is 39.4 Å². The lowest BCUT2D eigenvalue weighted by Crippen LogP contribution is -2.49. The smallest absolute Gasteiger partial charge is 0.251 e. The van der Waals surface area contributed by atoms with Crippen LogP contribution in [-0.2, 0) is 4.74 Å². The first kappa shape index (κ1) is 19.1. The van der Waals surface area contributed by atoms with E-state index in [9.17, 15) is 4.79 Å². The van der Waals surface area contributed by atoms with Crippen molar-refractivity contribution < 1.29 is 9.53 Å². The van der Waals surface area contributed by atoms with E-state index in [-0.39, 0.29) is 11.3 Å². The Morgan fingerprint density at radius 1 is 1.26 bits per heavy atom. The average molecular weight is 482 g/mol. The lowest BCUT2D eigenvalue weighted by molar-refractivity contribution is 0.00728. The maximum atomic E-state index is 12.8. The van der Waals surface area contributed by atoms with Crippen molar-refractivity contribution in [1.82, 2.24) is 20.4 Å². The van der Waals surface area contributed by atoms with E-state index in [1.54, 1.807) is 0 Å². The molecule has 0 atom stereocenters. The van der Waals surface area contributed by atoms with Gasteiger partial charge in [-0.15, -0.1) is 0 Å². The number of hydrogen-bond donors (Lipinski definition) is 2. The Morgan fingerprint density at radius 3 is 2.81 bits per heavy atom. The Hall–Kier alpha value is -1.19. The van der Waals surface area contributed by atoms with Crippen LogP contribution in [0.1, 0.15) is 42.5 Å². The molecule has 0 radical (unpaired) electrons. The van der Waals surface area contributed by atoms with Gasteiger partial charge in [0.15, 0.2) is 0 Å². The molecule has 1 aliphatic heterocycles. The van der Waals surface area contributed by atoms with Crippen LogP contribution >= 0.6 is 22.6 Å². The van der Waals surface area contributed by atoms with E-state index in [0.29, 0.717) is 5.56 Å². The van der Waals surface area contributed by atoms with Crippen LogP contribution < -0.4 is 5.32 Å². The van der Waals surface area contributed by atoms with Crippen LogP contribution in [0.5, 0.6) is 0 Å². The van der Waals surface area contributed by atoms with Gasteiger partial charge in [0.25, 0.3) is 5.91 Å². The SMILES string of the molecule is O=C(NCC1(CN2CCOCC2)CCCCC1)c1ccc2n[nH]c(I)c2c1. The number of hydrogen-bond acceptors (Lipinski definition) is 4. The largest absolute Gasteiger partial charge is 0.379 e. The van der Waals surface area contributed by atoms with E-state index < -0.39 is 0 Å². The predicted octanol–water partition coefficient (Wildman–Crippen LogP) is 3.18. The van der Waals surface area contributed by atoms with Gasteiger partial charge in [-0.2, -0.15) is 5.10 Å². The first-order valence-electron chi connectivity index (χ1n) is 9.87. The fourth-order valence-corrected chi connectivity index (χ4v) is 4.97. The van der Waals surface area contributed by atoms with Crippen LogP contribution in [-0.4, -0.2) is 60.4 Å². The Kier molecular flexibility index (Phi) is 5.99. The first-order valence-corrected chi connectivity index (χ1v) is 11.0. The summed E-state index contributed by atoms with van der Waals surface area (Å²) in [5.74, 6) is 0.0147. The second-order valence-corrected chi connectivity index (χ2v) is 8.98. The highest BCUT2D eigenvalue weighted by Gasteiger charge is 2.34. The molecule has 4 rings (SSSR count). The number of carbonyl (C=O) groups is 1. The Balaban J connectivity index is 1.44. The molecule has 0 unspecified atom stereocenters. The third-order valence-electron chi connectivity index (χ3n) is 5.97. The third kappa shape index (κ3) is 4.46. The van der Waals surface area contributed by atoms with Gasteiger partial charge in [-0.3, -0.25) is 14.8 Å². The molecule has 2 aliphatic rings. The fraction of sp³-hybridized carbons (Fsp3) is 0.600. The van der Waals surface area contributed by atoms with Crippen molar-refractivity contribution in [3.63, 3.8) is 0 Å². The number of halogens is 1. The number of fused-ring (bicyclic) bond motifs is 1. The monoisotopic (exact) mass is 482 g/mol. The summed E-state index contributed by atoms with van der Waals surface area (Å²) < 4.78 is 6.46. The molecule has 0 bridgehead atoms. The summed E-state index contributed by atoms with van der Waals surface area (Å²) in [5, 5.41) is 11.5. The lowest BCUT2D eigenvalue weighted by atomic mass is 9.73. The highest BCUT2D eigenvalue weighted by molar-refractivity contribution is 14.1. The second-order valence-electron chi connectivity index (χ2n) is 7.90. The Morgan fingerprint density at radius 2 is 2.04 bits per heavy atom. The van der Waals surface area contributed by atoms with Gasteiger partial charge in [-0.25, -0.2) is 0 Å². The molecule has 1 saturated heterocycles. The van der Waals surface area contributed by atoms with Gasteiger partial charge >= 0.3 is 0 Å². The molecule has 1 saturated carbocycles. The zero-order valence-electron chi connectivity index (χ0n) is 15.6. The molecule has 2 heterocycles. The lowest BCUT2D eigenvalue weighted by Gasteiger charge is -2.42. The number of H-pyrrole nitrogens is 1. The standard InChI is InChI=1S/C20H27IN4O2/c21-18-16-12-15(4-5-17(16)23-24-18)19(26)22-13-20(6-2-1-3-7-20)14-25-8-10-27-11-9-25/h4-5,12H,1-3,6-11,13-14H2,(H,22,26)(H,23,24). The highest BCUT2D eigenvalue weighted by atomic mass is 127. The van der Waals surface area contributed by atoms with Gasteiger partial charge in [0.2, 0.25) is 0 Å². The highest BCUT2D eigenvalue weighted by Crippen LogP contribution is 2.37. The molecule has 2 N–H and O–H groups in total. The number of amides is 1. The van der Waals surface area contributed by atoms with Crippen molar-refractivity contribution in [2.24, 2.45) is 5.41 Å². The molecule has 146 valence electrons. The molecule has 6 nitrogen and oxygen atoms in total. The summed E-state index contributed by atoms with van der Waals surface area (Å²) >= 11 is 2.22. The Labute approximate surface area is 173 Å². The number of nitrogens with zero attached hydrogens (tertiary/aromatic N) is 2. The molecular formula is C20H27IN4O2. The van der Waals surface area contributed by atoms with E-state index in [0.717, 1.165) is 54.0 Å². The maximum absolute atomic E-state index is 12.8. The number of ether oxygens (including phenoxy) is 1. The quantitative estimate of drug-likeness (QED) is 0.643. The summed E-state index contributed by atoms with van der Waals surface area (Å²) in [6.07, 6.45) is 6.24. The van der Waals surface area contributed by atoms with Crippen molar-refractivity contribution in [3.05, 3.63) is 27.5 Å². The van der Waals surface area contributed by atoms with Gasteiger partial charge in [-0.1, -0.05) is 19.3 Å². The zero-order chi connectivity index (χ0) is 18.7. The van der Waals surface area contributed by atoms with Crippen LogP contribution in [0.15, 0.2) is 18.2 Å². The van der Waals surface area contributed by atoms with E-state index >= 15 is 0 Å². The van der Waals surface area contributed by atoms with Crippen molar-refractivity contribution in [2.45, 2.75) is 32.1 Å². The number of benzene rings is 1. The van der Waals surface area contributed by atoms with E-state index in [4.69, 9.17) is 4.74 Å². The predicted molar refractivity (Wildman–Crippen MR) is 114 cm³/mol. The molecule has 2 fully saturated rings. The average Bonchev–Trinajstić information content (AvgIpc) is 3.08. The van der Waals surface area contributed by atoms with Gasteiger partial charge in [0, 0.05) is 42.5 Å². The van der Waals surface area contributed by atoms with Crippen LogP contribution in [0.4, 0.5) is 0 Å². The van der Waals surface area contributed by atoms with Crippen LogP contribution in [0.25, 0.3) is 10.9 Å². The first-order chi connectivity index (χ1) is 13.2. The van der Waals surface area contributed by atoms with E-state index in [2.05, 4.69) is 43.0 Å². The minimum absolute atomic E-state index is 0.0147. The third-order valence-corrected chi connectivity index (χ3v) is 6.79. The van der Waals surface area contributed by atoms with Crippen LogP contribution in [0.2, 0.25) is 0 Å². The van der Waals surface area contributed by atoms with E-state index in [1.165, 1.54) is 32.1 Å². The van der Waals surface area contributed by atoms with Crippen LogP contribution in [0.3, 0.4) is 0 Å². The normalized spacial score (nSPS) is 20.6. The second kappa shape index (κ2) is 8.45. The number of aromatic amines is 1. The van der Waals surface area contributed by atoms with Gasteiger partial charge in [0.1, 0.15) is 3.70 Å². The molecule has 2 aromatic rings. The summed E-state index contributed by atoms with van der Waals surface area (Å²) in [6.45, 7) is 5.48. The number of morpholine rings is 1. The summed E-state index contributed by atoms with van der Waals surface area (Å²) in [6, 6.07) is 5.71. The summed E-state index contributed by atoms with van der Waals surface area (Å²) in [7, 11) is 0. The summed E-state index contributed by atoms with van der Waals surface area (Å²) in [4.78, 5) is 15.3. The van der Waals surface area contributed by atoms with E-state index in [1.807, 2.05) is 18.2 Å². The minimum atomic E-state index is 0.0147. The number of aromatic nitrogens is 2. The van der Waals surface area contributed by atoms with Gasteiger partial charge in [0.05, 0.1) is 18.7 Å².